The molecular formula is C15H29N2NaO3S. The summed E-state index contributed by atoms with van der Waals surface area (Å²) in [5, 5.41) is 3.21. The van der Waals surface area contributed by atoms with Crippen molar-refractivity contribution in [3.8, 4) is 0 Å². The van der Waals surface area contributed by atoms with Gasteiger partial charge in [0.2, 0.25) is 0 Å². The van der Waals surface area contributed by atoms with Gasteiger partial charge in [-0.1, -0.05) is 0 Å². The van der Waals surface area contributed by atoms with E-state index in [4.69, 9.17) is 5.73 Å². The van der Waals surface area contributed by atoms with Gasteiger partial charge in [-0.3, -0.25) is 0 Å². The molecule has 0 spiro atoms. The van der Waals surface area contributed by atoms with E-state index in [-0.39, 0.29) is 35.3 Å². The van der Waals surface area contributed by atoms with Gasteiger partial charge in [-0.05, 0) is 69.6 Å². The molecule has 0 atom stereocenters. The molecule has 0 amide bonds. The molecule has 0 aromatic rings. The molecule has 0 aromatic heterocycles. The van der Waals surface area contributed by atoms with Crippen LogP contribution in [0.4, 0.5) is 0 Å². The minimum atomic E-state index is -4.08. The van der Waals surface area contributed by atoms with Crippen molar-refractivity contribution in [1.29, 1.82) is 0 Å². The third-order valence-corrected chi connectivity index (χ3v) is 5.89. The summed E-state index contributed by atoms with van der Waals surface area (Å²) in [4.78, 5) is 0. The second kappa shape index (κ2) is 9.97. The molecule has 5 nitrogen and oxygen atoms in total. The van der Waals surface area contributed by atoms with Crippen molar-refractivity contribution in [3.05, 3.63) is 0 Å². The van der Waals surface area contributed by atoms with Gasteiger partial charge >= 0.3 is 29.6 Å². The Morgan fingerprint density at radius 1 is 0.955 bits per heavy atom. The zero-order valence-electron chi connectivity index (χ0n) is 13.8. The van der Waals surface area contributed by atoms with E-state index < -0.39 is 10.1 Å². The summed E-state index contributed by atoms with van der Waals surface area (Å²) in [6, 6.07) is 0.821. The molecule has 0 aliphatic heterocycles. The van der Waals surface area contributed by atoms with Crippen LogP contribution in [0.15, 0.2) is 0 Å². The Balaban J connectivity index is 0.00000242. The van der Waals surface area contributed by atoms with Crippen molar-refractivity contribution >= 4 is 10.1 Å². The molecule has 2 fully saturated rings. The van der Waals surface area contributed by atoms with Crippen LogP contribution in [0.3, 0.4) is 0 Å². The molecular weight excluding hydrogens is 311 g/mol. The average Bonchev–Trinajstić information content (AvgIpc) is 2.42. The van der Waals surface area contributed by atoms with Crippen LogP contribution in [0.1, 0.15) is 57.8 Å². The average molecular weight is 340 g/mol. The van der Waals surface area contributed by atoms with Crippen molar-refractivity contribution in [3.63, 3.8) is 0 Å². The molecule has 0 radical (unpaired) electrons. The van der Waals surface area contributed by atoms with Gasteiger partial charge in [0, 0.05) is 18.6 Å². The maximum Gasteiger partial charge on any atom is 1.00 e. The van der Waals surface area contributed by atoms with E-state index in [0.717, 1.165) is 24.7 Å². The summed E-state index contributed by atoms with van der Waals surface area (Å²) in [6.45, 7) is 0.293. The van der Waals surface area contributed by atoms with Crippen LogP contribution in [0.2, 0.25) is 0 Å². The first kappa shape index (κ1) is 20.9. The van der Waals surface area contributed by atoms with E-state index in [1.165, 1.54) is 44.9 Å². The molecule has 0 bridgehead atoms. The molecule has 2 aliphatic carbocycles. The summed E-state index contributed by atoms with van der Waals surface area (Å²) in [7, 11) is -4.08. The molecule has 0 unspecified atom stereocenters. The molecule has 7 heteroatoms. The first-order chi connectivity index (χ1) is 9.92. The largest absolute Gasteiger partial charge is 1.00 e. The first-order valence-electron chi connectivity index (χ1n) is 8.35. The molecule has 0 heterocycles. The van der Waals surface area contributed by atoms with Gasteiger partial charge in [-0.25, -0.2) is 8.42 Å². The molecule has 2 rings (SSSR count). The van der Waals surface area contributed by atoms with Crippen LogP contribution >= 0.6 is 0 Å². The quantitative estimate of drug-likeness (QED) is 0.458. The molecule has 22 heavy (non-hydrogen) atoms. The Morgan fingerprint density at radius 3 is 1.95 bits per heavy atom. The van der Waals surface area contributed by atoms with Crippen molar-refractivity contribution in [2.24, 2.45) is 17.6 Å². The Labute approximate surface area is 157 Å². The number of hydrogen-bond acceptors (Lipinski definition) is 5. The predicted molar refractivity (Wildman–Crippen MR) is 82.9 cm³/mol. The van der Waals surface area contributed by atoms with E-state index in [2.05, 4.69) is 5.32 Å². The monoisotopic (exact) mass is 340 g/mol. The van der Waals surface area contributed by atoms with Gasteiger partial charge in [0.05, 0.1) is 15.9 Å². The first-order valence-corrected chi connectivity index (χ1v) is 9.92. The molecule has 2 aliphatic rings. The Kier molecular flexibility index (Phi) is 9.46. The second-order valence-corrected chi connectivity index (χ2v) is 8.47. The van der Waals surface area contributed by atoms with Crippen LogP contribution in [-0.4, -0.2) is 37.4 Å². The molecule has 3 N–H and O–H groups in total. The molecule has 124 valence electrons. The summed E-state index contributed by atoms with van der Waals surface area (Å²) < 4.78 is 31.7. The second-order valence-electron chi connectivity index (χ2n) is 6.95. The van der Waals surface area contributed by atoms with Gasteiger partial charge in [-0.15, -0.1) is 0 Å². The van der Waals surface area contributed by atoms with E-state index in [0.29, 0.717) is 18.6 Å². The molecule has 2 saturated carbocycles. The van der Waals surface area contributed by atoms with Crippen molar-refractivity contribution < 1.29 is 42.5 Å². The number of hydrogen-bond donors (Lipinski definition) is 2. The summed E-state index contributed by atoms with van der Waals surface area (Å²) >= 11 is 0. The van der Waals surface area contributed by atoms with Gasteiger partial charge in [0.15, 0.2) is 0 Å². The Bertz CT molecular complexity index is 403. The van der Waals surface area contributed by atoms with E-state index in [1.54, 1.807) is 0 Å². The van der Waals surface area contributed by atoms with Crippen LogP contribution in [0.25, 0.3) is 0 Å². The zero-order chi connectivity index (χ0) is 15.3. The Morgan fingerprint density at radius 2 is 1.45 bits per heavy atom. The maximum absolute atomic E-state index is 10.6. The minimum Gasteiger partial charge on any atom is -0.748 e. The van der Waals surface area contributed by atoms with Gasteiger partial charge < -0.3 is 15.6 Å². The van der Waals surface area contributed by atoms with Crippen LogP contribution in [0, 0.1) is 11.8 Å². The fourth-order valence-electron chi connectivity index (χ4n) is 3.89. The minimum absolute atomic E-state index is 0. The smallest absolute Gasteiger partial charge is 0.748 e. The SMILES string of the molecule is NC1CCC(CC2CCC(NCCS(=O)(=O)[O-])CC2)CC1.[Na+]. The number of rotatable bonds is 6. The standard InChI is InChI=1S/C15H30N2O3S.Na/c16-14-5-1-12(2-6-14)11-13-3-7-15(8-4-13)17-9-10-21(18,19)20;/h12-15,17H,1-11,16H2,(H,18,19,20);/q;+1/p-1. The van der Waals surface area contributed by atoms with Gasteiger partial charge in [0.1, 0.15) is 0 Å². The fourth-order valence-corrected chi connectivity index (χ4v) is 4.25. The van der Waals surface area contributed by atoms with E-state index in [1.807, 2.05) is 0 Å². The van der Waals surface area contributed by atoms with Crippen LogP contribution < -0.4 is 40.6 Å². The maximum atomic E-state index is 10.6. The van der Waals surface area contributed by atoms with Crippen molar-refractivity contribution in [2.45, 2.75) is 69.9 Å². The summed E-state index contributed by atoms with van der Waals surface area (Å²) in [6.07, 6.45) is 11.0. The van der Waals surface area contributed by atoms with Gasteiger partial charge in [-0.2, -0.15) is 0 Å². The normalized spacial score (nSPS) is 33.2. The summed E-state index contributed by atoms with van der Waals surface area (Å²) in [5.74, 6) is 1.39. The zero-order valence-corrected chi connectivity index (χ0v) is 16.6. The third kappa shape index (κ3) is 8.08. The van der Waals surface area contributed by atoms with E-state index >= 15 is 0 Å². The number of nitrogens with two attached hydrogens (primary N) is 1. The molecule has 0 aromatic carbocycles. The van der Waals surface area contributed by atoms with Crippen molar-refractivity contribution in [1.82, 2.24) is 5.32 Å². The topological polar surface area (TPSA) is 95.2 Å². The van der Waals surface area contributed by atoms with Gasteiger partial charge in [0.25, 0.3) is 0 Å². The van der Waals surface area contributed by atoms with Crippen molar-refractivity contribution in [2.75, 3.05) is 12.3 Å². The summed E-state index contributed by atoms with van der Waals surface area (Å²) in [5.41, 5.74) is 5.95. The third-order valence-electron chi connectivity index (χ3n) is 5.19. The predicted octanol–water partition coefficient (Wildman–Crippen LogP) is -1.41. The van der Waals surface area contributed by atoms with Crippen LogP contribution in [-0.2, 0) is 10.1 Å². The molecule has 0 saturated heterocycles. The van der Waals surface area contributed by atoms with E-state index in [9.17, 15) is 13.0 Å². The number of nitrogens with one attached hydrogen (secondary N) is 1. The Hall–Kier alpha value is 0.830. The fraction of sp³-hybridized carbons (Fsp3) is 1.00. The van der Waals surface area contributed by atoms with Crippen LogP contribution in [0.5, 0.6) is 0 Å².